The Morgan fingerprint density at radius 1 is 1.32 bits per heavy atom. The summed E-state index contributed by atoms with van der Waals surface area (Å²) in [7, 11) is 0. The Morgan fingerprint density at radius 3 is 2.56 bits per heavy atom. The Hall–Kier alpha value is -2.16. The number of rotatable bonds is 4. The van der Waals surface area contributed by atoms with E-state index < -0.39 is 34.8 Å². The largest absolute Gasteiger partial charge is 0.356 e. The van der Waals surface area contributed by atoms with Gasteiger partial charge in [0.25, 0.3) is 0 Å². The van der Waals surface area contributed by atoms with Crippen LogP contribution in [-0.4, -0.2) is 22.0 Å². The van der Waals surface area contributed by atoms with Gasteiger partial charge < -0.3 is 14.9 Å². The number of nitrogens with zero attached hydrogens (tertiary/aromatic N) is 1. The number of imidazole rings is 1. The first-order valence-corrected chi connectivity index (χ1v) is 8.14. The molecule has 2 N–H and O–H groups in total. The van der Waals surface area contributed by atoms with Crippen LogP contribution in [0.15, 0.2) is 6.07 Å². The highest BCUT2D eigenvalue weighted by Gasteiger charge is 2.33. The van der Waals surface area contributed by atoms with Crippen molar-refractivity contribution in [2.24, 2.45) is 0 Å². The zero-order valence-corrected chi connectivity index (χ0v) is 14.1. The second-order valence-electron chi connectivity index (χ2n) is 5.88. The number of halogens is 4. The zero-order valence-electron chi connectivity index (χ0n) is 13.3. The van der Waals surface area contributed by atoms with Crippen molar-refractivity contribution in [3.8, 4) is 0 Å². The normalized spacial score (nSPS) is 16.1. The summed E-state index contributed by atoms with van der Waals surface area (Å²) in [5.41, 5.74) is 0.528. The van der Waals surface area contributed by atoms with E-state index in [1.54, 1.807) is 11.5 Å². The second kappa shape index (κ2) is 6.62. The third kappa shape index (κ3) is 3.08. The molecule has 1 atom stereocenters. The minimum Gasteiger partial charge on any atom is -0.356 e. The van der Waals surface area contributed by atoms with Gasteiger partial charge in [0.05, 0.1) is 6.42 Å². The molecule has 1 aromatic carbocycles. The number of likely N-dealkylation sites (N-methyl/N-ethyl adjacent to an activating group) is 1. The predicted octanol–water partition coefficient (Wildman–Crippen LogP) is 3.12. The number of carbonyl (C=O) groups is 1. The van der Waals surface area contributed by atoms with Gasteiger partial charge in [-0.3, -0.25) is 4.79 Å². The Morgan fingerprint density at radius 2 is 1.96 bits per heavy atom. The quantitative estimate of drug-likeness (QED) is 0.492. The van der Waals surface area contributed by atoms with Crippen molar-refractivity contribution in [2.75, 3.05) is 6.54 Å². The molecular weight excluding hydrogens is 358 g/mol. The molecule has 9 heteroatoms. The number of benzene rings is 1. The van der Waals surface area contributed by atoms with Crippen LogP contribution in [0, 0.1) is 28.0 Å². The first kappa shape index (κ1) is 17.7. The van der Waals surface area contributed by atoms with Crippen LogP contribution in [0.2, 0.25) is 0 Å². The van der Waals surface area contributed by atoms with Gasteiger partial charge in [-0.15, -0.1) is 0 Å². The van der Waals surface area contributed by atoms with E-state index in [4.69, 9.17) is 12.2 Å². The molecule has 0 unspecified atom stereocenters. The molecule has 134 valence electrons. The van der Waals surface area contributed by atoms with Gasteiger partial charge in [-0.1, -0.05) is 0 Å². The first-order chi connectivity index (χ1) is 11.8. The molecule has 1 aliphatic heterocycles. The molecule has 0 aliphatic carbocycles. The summed E-state index contributed by atoms with van der Waals surface area (Å²) >= 11 is 5.18. The Bertz CT molecular complexity index is 880. The van der Waals surface area contributed by atoms with Crippen molar-refractivity contribution in [3.05, 3.63) is 51.1 Å². The Labute approximate surface area is 145 Å². The van der Waals surface area contributed by atoms with Gasteiger partial charge in [0.15, 0.2) is 28.0 Å². The summed E-state index contributed by atoms with van der Waals surface area (Å²) < 4.78 is 57.0. The van der Waals surface area contributed by atoms with Gasteiger partial charge in [0.1, 0.15) is 0 Å². The molecule has 2 heterocycles. The number of H-pyrrole nitrogens is 1. The number of carbonyl (C=O) groups excluding carboxylic acids is 1. The molecule has 1 aliphatic rings. The van der Waals surface area contributed by atoms with Crippen molar-refractivity contribution in [1.29, 1.82) is 0 Å². The van der Waals surface area contributed by atoms with Crippen LogP contribution in [0.5, 0.6) is 0 Å². The lowest BCUT2D eigenvalue weighted by Gasteiger charge is -2.13. The lowest BCUT2D eigenvalue weighted by atomic mass is 9.94. The SMILES string of the molecule is CCNC(=O)Cc1[nH]c(=S)n2c1C[C@H](c1c(F)c(F)cc(F)c1F)C2. The van der Waals surface area contributed by atoms with Crippen LogP contribution >= 0.6 is 12.2 Å². The van der Waals surface area contributed by atoms with E-state index in [2.05, 4.69) is 10.3 Å². The van der Waals surface area contributed by atoms with Crippen LogP contribution in [0.1, 0.15) is 29.8 Å². The predicted molar refractivity (Wildman–Crippen MR) is 84.7 cm³/mol. The highest BCUT2D eigenvalue weighted by atomic mass is 32.1. The maximum absolute atomic E-state index is 14.0. The molecule has 0 saturated heterocycles. The number of amides is 1. The monoisotopic (exact) mass is 373 g/mol. The topological polar surface area (TPSA) is 49.8 Å². The lowest BCUT2D eigenvalue weighted by Crippen LogP contribution is -2.25. The number of fused-ring (bicyclic) bond motifs is 1. The molecule has 25 heavy (non-hydrogen) atoms. The highest BCUT2D eigenvalue weighted by molar-refractivity contribution is 7.71. The van der Waals surface area contributed by atoms with Gasteiger partial charge in [-0.05, 0) is 25.6 Å². The smallest absolute Gasteiger partial charge is 0.225 e. The Balaban J connectivity index is 1.95. The molecule has 2 aromatic rings. The van der Waals surface area contributed by atoms with E-state index in [0.29, 0.717) is 22.7 Å². The highest BCUT2D eigenvalue weighted by Crippen LogP contribution is 2.36. The molecule has 3 rings (SSSR count). The summed E-state index contributed by atoms with van der Waals surface area (Å²) in [5, 5.41) is 2.65. The average Bonchev–Trinajstić information content (AvgIpc) is 3.08. The number of aromatic nitrogens is 2. The summed E-state index contributed by atoms with van der Waals surface area (Å²) in [6.07, 6.45) is 0.160. The van der Waals surface area contributed by atoms with E-state index in [0.717, 1.165) is 0 Å². The second-order valence-corrected chi connectivity index (χ2v) is 6.27. The average molecular weight is 373 g/mol. The molecular formula is C16H15F4N3OS. The summed E-state index contributed by atoms with van der Waals surface area (Å²) in [5.74, 6) is -6.68. The molecule has 0 fully saturated rings. The minimum atomic E-state index is -1.43. The van der Waals surface area contributed by atoms with Crippen molar-refractivity contribution >= 4 is 18.1 Å². The third-order valence-electron chi connectivity index (χ3n) is 4.29. The van der Waals surface area contributed by atoms with E-state index >= 15 is 0 Å². The number of hydrogen-bond acceptors (Lipinski definition) is 2. The summed E-state index contributed by atoms with van der Waals surface area (Å²) in [6, 6.07) is 0.191. The van der Waals surface area contributed by atoms with Gasteiger partial charge in [0, 0.05) is 42.0 Å². The van der Waals surface area contributed by atoms with Gasteiger partial charge in [0.2, 0.25) is 5.91 Å². The fraction of sp³-hybridized carbons (Fsp3) is 0.375. The van der Waals surface area contributed by atoms with Crippen LogP contribution in [0.3, 0.4) is 0 Å². The molecule has 1 aromatic heterocycles. The van der Waals surface area contributed by atoms with Crippen LogP contribution in [-0.2, 0) is 24.2 Å². The number of nitrogens with one attached hydrogen (secondary N) is 2. The molecule has 0 radical (unpaired) electrons. The molecule has 0 saturated carbocycles. The van der Waals surface area contributed by atoms with Gasteiger partial charge in [-0.25, -0.2) is 17.6 Å². The Kier molecular flexibility index (Phi) is 4.68. The van der Waals surface area contributed by atoms with Gasteiger partial charge >= 0.3 is 0 Å². The van der Waals surface area contributed by atoms with Crippen molar-refractivity contribution < 1.29 is 22.4 Å². The molecule has 4 nitrogen and oxygen atoms in total. The zero-order chi connectivity index (χ0) is 18.3. The number of aromatic amines is 1. The molecule has 1 amide bonds. The standard InChI is InChI=1S/C16H15F4N3OS/c1-2-21-12(24)5-10-11-3-7(6-23(11)16(25)22-10)13-14(19)8(17)4-9(18)15(13)20/h4,7H,2-3,5-6H2,1H3,(H,21,24)(H,22,25)/t7-/m0/s1. The van der Waals surface area contributed by atoms with E-state index in [1.165, 1.54) is 0 Å². The number of hydrogen-bond donors (Lipinski definition) is 2. The van der Waals surface area contributed by atoms with Crippen molar-refractivity contribution in [2.45, 2.75) is 32.2 Å². The minimum absolute atomic E-state index is 0.0367. The summed E-state index contributed by atoms with van der Waals surface area (Å²) in [4.78, 5) is 14.7. The fourth-order valence-corrected chi connectivity index (χ4v) is 3.52. The first-order valence-electron chi connectivity index (χ1n) is 7.73. The van der Waals surface area contributed by atoms with E-state index in [-0.39, 0.29) is 31.4 Å². The van der Waals surface area contributed by atoms with Gasteiger partial charge in [-0.2, -0.15) is 0 Å². The van der Waals surface area contributed by atoms with Crippen LogP contribution in [0.4, 0.5) is 17.6 Å². The van der Waals surface area contributed by atoms with E-state index in [1.807, 2.05) is 0 Å². The maximum Gasteiger partial charge on any atom is 0.225 e. The van der Waals surface area contributed by atoms with Crippen molar-refractivity contribution in [1.82, 2.24) is 14.9 Å². The van der Waals surface area contributed by atoms with E-state index in [9.17, 15) is 22.4 Å². The lowest BCUT2D eigenvalue weighted by molar-refractivity contribution is -0.120. The van der Waals surface area contributed by atoms with Crippen molar-refractivity contribution in [3.63, 3.8) is 0 Å². The maximum atomic E-state index is 14.0. The summed E-state index contributed by atoms with van der Waals surface area (Å²) in [6.45, 7) is 2.33. The molecule has 0 bridgehead atoms. The van der Waals surface area contributed by atoms with Crippen LogP contribution < -0.4 is 5.32 Å². The molecule has 0 spiro atoms. The van der Waals surface area contributed by atoms with Crippen LogP contribution in [0.25, 0.3) is 0 Å². The fourth-order valence-electron chi connectivity index (χ4n) is 3.21. The third-order valence-corrected chi connectivity index (χ3v) is 4.61.